The normalized spacial score (nSPS) is 10.4. The molecular weight excluding hydrogens is 314 g/mol. The molecule has 0 heterocycles. The van der Waals surface area contributed by atoms with E-state index < -0.39 is 0 Å². The summed E-state index contributed by atoms with van der Waals surface area (Å²) in [5.74, 6) is 0.842. The van der Waals surface area contributed by atoms with Crippen molar-refractivity contribution < 1.29 is 4.79 Å². The van der Waals surface area contributed by atoms with Crippen LogP contribution in [0.15, 0.2) is 83.8 Å². The molecule has 3 aromatic carbocycles. The van der Waals surface area contributed by atoms with Crippen LogP contribution in [0.4, 0.5) is 5.69 Å². The quantitative estimate of drug-likeness (QED) is 0.621. The molecule has 3 rings (SSSR count). The van der Waals surface area contributed by atoms with Gasteiger partial charge >= 0.3 is 0 Å². The fraction of sp³-hybridized carbons (Fsp3) is 0.0952. The summed E-state index contributed by atoms with van der Waals surface area (Å²) < 4.78 is 0. The molecule has 1 N–H and O–H groups in total. The largest absolute Gasteiger partial charge is 0.322 e. The molecule has 0 saturated carbocycles. The van der Waals surface area contributed by atoms with Crippen molar-refractivity contribution in [1.82, 2.24) is 0 Å². The number of nitrogens with one attached hydrogen (secondary N) is 1. The molecule has 0 radical (unpaired) electrons. The van der Waals surface area contributed by atoms with E-state index in [0.717, 1.165) is 21.9 Å². The number of thioether (sulfide) groups is 1. The van der Waals surface area contributed by atoms with Crippen LogP contribution in [-0.4, -0.2) is 5.91 Å². The topological polar surface area (TPSA) is 29.1 Å². The van der Waals surface area contributed by atoms with Gasteiger partial charge in [-0.1, -0.05) is 54.6 Å². The summed E-state index contributed by atoms with van der Waals surface area (Å²) >= 11 is 1.76. The zero-order valence-electron chi connectivity index (χ0n) is 13.5. The van der Waals surface area contributed by atoms with E-state index >= 15 is 0 Å². The summed E-state index contributed by atoms with van der Waals surface area (Å²) in [6, 6.07) is 26.0. The van der Waals surface area contributed by atoms with Gasteiger partial charge in [-0.3, -0.25) is 4.79 Å². The standard InChI is InChI=1S/C21H19NOS/c1-16-8-5-6-13-20(16)21(23)22-18-11-7-12-19(14-18)24-15-17-9-3-2-4-10-17/h2-14H,15H2,1H3,(H,22,23). The first-order valence-electron chi connectivity index (χ1n) is 7.86. The van der Waals surface area contributed by atoms with Crippen molar-refractivity contribution in [2.45, 2.75) is 17.6 Å². The zero-order valence-corrected chi connectivity index (χ0v) is 14.3. The summed E-state index contributed by atoms with van der Waals surface area (Å²) in [5, 5.41) is 2.99. The lowest BCUT2D eigenvalue weighted by atomic mass is 10.1. The molecular formula is C21H19NOS. The van der Waals surface area contributed by atoms with Crippen LogP contribution >= 0.6 is 11.8 Å². The van der Waals surface area contributed by atoms with Crippen molar-refractivity contribution in [3.8, 4) is 0 Å². The maximum Gasteiger partial charge on any atom is 0.255 e. The molecule has 3 aromatic rings. The molecule has 0 bridgehead atoms. The van der Waals surface area contributed by atoms with Crippen molar-refractivity contribution in [2.24, 2.45) is 0 Å². The van der Waals surface area contributed by atoms with Crippen LogP contribution in [-0.2, 0) is 5.75 Å². The van der Waals surface area contributed by atoms with E-state index in [0.29, 0.717) is 5.56 Å². The van der Waals surface area contributed by atoms with Gasteiger partial charge in [0.2, 0.25) is 0 Å². The van der Waals surface area contributed by atoms with Gasteiger partial charge in [-0.2, -0.15) is 0 Å². The Kier molecular flexibility index (Phi) is 5.34. The predicted molar refractivity (Wildman–Crippen MR) is 102 cm³/mol. The third-order valence-electron chi connectivity index (χ3n) is 3.73. The maximum absolute atomic E-state index is 12.4. The highest BCUT2D eigenvalue weighted by Crippen LogP contribution is 2.25. The molecule has 0 aliphatic carbocycles. The molecule has 0 atom stereocenters. The Labute approximate surface area is 146 Å². The van der Waals surface area contributed by atoms with Crippen molar-refractivity contribution >= 4 is 23.4 Å². The van der Waals surface area contributed by atoms with Gasteiger partial charge in [0, 0.05) is 21.9 Å². The summed E-state index contributed by atoms with van der Waals surface area (Å²) in [7, 11) is 0. The number of amides is 1. The molecule has 0 aromatic heterocycles. The lowest BCUT2D eigenvalue weighted by Crippen LogP contribution is -2.13. The van der Waals surface area contributed by atoms with Crippen molar-refractivity contribution in [1.29, 1.82) is 0 Å². The van der Waals surface area contributed by atoms with Crippen molar-refractivity contribution in [3.63, 3.8) is 0 Å². The fourth-order valence-corrected chi connectivity index (χ4v) is 3.34. The van der Waals surface area contributed by atoms with Gasteiger partial charge in [-0.05, 0) is 42.3 Å². The van der Waals surface area contributed by atoms with Crippen LogP contribution in [0.1, 0.15) is 21.5 Å². The Morgan fingerprint density at radius 2 is 1.67 bits per heavy atom. The molecule has 2 nitrogen and oxygen atoms in total. The Balaban J connectivity index is 1.67. The predicted octanol–water partition coefficient (Wildman–Crippen LogP) is 5.54. The Hall–Kier alpha value is -2.52. The molecule has 1 amide bonds. The number of rotatable bonds is 5. The van der Waals surface area contributed by atoms with E-state index in [2.05, 4.69) is 35.6 Å². The first-order chi connectivity index (χ1) is 11.7. The third-order valence-corrected chi connectivity index (χ3v) is 4.79. The summed E-state index contributed by atoms with van der Waals surface area (Å²) in [6.07, 6.45) is 0. The van der Waals surface area contributed by atoms with E-state index in [9.17, 15) is 4.79 Å². The van der Waals surface area contributed by atoms with E-state index in [1.54, 1.807) is 11.8 Å². The van der Waals surface area contributed by atoms with Gasteiger partial charge < -0.3 is 5.32 Å². The first-order valence-corrected chi connectivity index (χ1v) is 8.85. The second kappa shape index (κ2) is 7.84. The minimum absolute atomic E-state index is 0.0710. The molecule has 0 spiro atoms. The number of anilines is 1. The first kappa shape index (κ1) is 16.3. The fourth-order valence-electron chi connectivity index (χ4n) is 2.43. The van der Waals surface area contributed by atoms with Crippen molar-refractivity contribution in [2.75, 3.05) is 5.32 Å². The third kappa shape index (κ3) is 4.27. The minimum atomic E-state index is -0.0710. The van der Waals surface area contributed by atoms with Crippen LogP contribution in [0.3, 0.4) is 0 Å². The Bertz CT molecular complexity index is 830. The molecule has 24 heavy (non-hydrogen) atoms. The number of benzene rings is 3. The highest BCUT2D eigenvalue weighted by atomic mass is 32.2. The number of carbonyl (C=O) groups is 1. The number of hydrogen-bond donors (Lipinski definition) is 1. The summed E-state index contributed by atoms with van der Waals surface area (Å²) in [5.41, 5.74) is 3.79. The molecule has 3 heteroatoms. The van der Waals surface area contributed by atoms with Gasteiger partial charge in [0.1, 0.15) is 0 Å². The number of carbonyl (C=O) groups excluding carboxylic acids is 1. The molecule has 0 fully saturated rings. The Morgan fingerprint density at radius 3 is 2.46 bits per heavy atom. The van der Waals surface area contributed by atoms with E-state index in [1.165, 1.54) is 5.56 Å². The van der Waals surface area contributed by atoms with E-state index in [4.69, 9.17) is 0 Å². The van der Waals surface area contributed by atoms with Gasteiger partial charge in [0.15, 0.2) is 0 Å². The highest BCUT2D eigenvalue weighted by molar-refractivity contribution is 7.98. The second-order valence-electron chi connectivity index (χ2n) is 5.57. The lowest BCUT2D eigenvalue weighted by molar-refractivity contribution is 0.102. The van der Waals surface area contributed by atoms with Crippen LogP contribution < -0.4 is 5.32 Å². The number of aryl methyl sites for hydroxylation is 1. The summed E-state index contributed by atoms with van der Waals surface area (Å²) in [6.45, 7) is 1.95. The zero-order chi connectivity index (χ0) is 16.8. The summed E-state index contributed by atoms with van der Waals surface area (Å²) in [4.78, 5) is 13.5. The van der Waals surface area contributed by atoms with Gasteiger partial charge in [0.05, 0.1) is 0 Å². The van der Waals surface area contributed by atoms with Gasteiger partial charge in [0.25, 0.3) is 5.91 Å². The van der Waals surface area contributed by atoms with Gasteiger partial charge in [-0.15, -0.1) is 11.8 Å². The average Bonchev–Trinajstić information content (AvgIpc) is 2.61. The second-order valence-corrected chi connectivity index (χ2v) is 6.62. The molecule has 0 aliphatic rings. The number of hydrogen-bond acceptors (Lipinski definition) is 2. The van der Waals surface area contributed by atoms with Crippen LogP contribution in [0.2, 0.25) is 0 Å². The Morgan fingerprint density at radius 1 is 0.917 bits per heavy atom. The SMILES string of the molecule is Cc1ccccc1C(=O)Nc1cccc(SCc2ccccc2)c1. The molecule has 0 saturated heterocycles. The van der Waals surface area contributed by atoms with Crippen LogP contribution in [0, 0.1) is 6.92 Å². The lowest BCUT2D eigenvalue weighted by Gasteiger charge is -2.09. The van der Waals surface area contributed by atoms with Crippen LogP contribution in [0.5, 0.6) is 0 Å². The van der Waals surface area contributed by atoms with Crippen molar-refractivity contribution in [3.05, 3.63) is 95.6 Å². The van der Waals surface area contributed by atoms with Crippen LogP contribution in [0.25, 0.3) is 0 Å². The molecule has 0 aliphatic heterocycles. The highest BCUT2D eigenvalue weighted by Gasteiger charge is 2.08. The smallest absolute Gasteiger partial charge is 0.255 e. The minimum Gasteiger partial charge on any atom is -0.322 e. The monoisotopic (exact) mass is 333 g/mol. The molecule has 120 valence electrons. The van der Waals surface area contributed by atoms with Gasteiger partial charge in [-0.25, -0.2) is 0 Å². The van der Waals surface area contributed by atoms with E-state index in [1.807, 2.05) is 55.5 Å². The average molecular weight is 333 g/mol. The maximum atomic E-state index is 12.4. The molecule has 0 unspecified atom stereocenters. The van der Waals surface area contributed by atoms with E-state index in [-0.39, 0.29) is 5.91 Å².